The smallest absolute Gasteiger partial charge is 0.146 e. The Labute approximate surface area is 121 Å². The van der Waals surface area contributed by atoms with Gasteiger partial charge in [0.15, 0.2) is 0 Å². The highest BCUT2D eigenvalue weighted by atomic mass is 19.1. The van der Waals surface area contributed by atoms with Crippen LogP contribution in [0.15, 0.2) is 24.3 Å². The summed E-state index contributed by atoms with van der Waals surface area (Å²) in [6, 6.07) is 9.02. The largest absolute Gasteiger partial charge is 0.365 e. The molecule has 1 fully saturated rings. The van der Waals surface area contributed by atoms with Gasteiger partial charge in [0.2, 0.25) is 0 Å². The van der Waals surface area contributed by atoms with E-state index in [1.54, 1.807) is 18.2 Å². The van der Waals surface area contributed by atoms with E-state index in [4.69, 9.17) is 0 Å². The molecule has 0 heterocycles. The van der Waals surface area contributed by atoms with Crippen molar-refractivity contribution < 1.29 is 4.39 Å². The normalized spacial score (nSPS) is 26.2. The van der Waals surface area contributed by atoms with Crippen molar-refractivity contribution in [2.45, 2.75) is 51.5 Å². The summed E-state index contributed by atoms with van der Waals surface area (Å²) < 4.78 is 13.8. The van der Waals surface area contributed by atoms with E-state index in [9.17, 15) is 9.65 Å². The maximum absolute atomic E-state index is 13.8. The van der Waals surface area contributed by atoms with Gasteiger partial charge in [-0.2, -0.15) is 5.26 Å². The van der Waals surface area contributed by atoms with Gasteiger partial charge in [0.05, 0.1) is 11.8 Å². The first-order valence-corrected chi connectivity index (χ1v) is 7.48. The quantitative estimate of drug-likeness (QED) is 0.861. The molecule has 108 valence electrons. The Morgan fingerprint density at radius 2 is 2.20 bits per heavy atom. The van der Waals surface area contributed by atoms with Crippen LogP contribution in [0.2, 0.25) is 0 Å². The molecule has 2 unspecified atom stereocenters. The number of rotatable bonds is 4. The third kappa shape index (κ3) is 3.50. The Kier molecular flexibility index (Phi) is 4.65. The van der Waals surface area contributed by atoms with Crippen LogP contribution in [-0.4, -0.2) is 5.54 Å². The van der Waals surface area contributed by atoms with E-state index in [-0.39, 0.29) is 5.82 Å². The Morgan fingerprint density at radius 1 is 1.45 bits per heavy atom. The molecule has 1 aromatic rings. The highest BCUT2D eigenvalue weighted by molar-refractivity contribution is 5.49. The van der Waals surface area contributed by atoms with E-state index in [0.29, 0.717) is 17.5 Å². The zero-order valence-electron chi connectivity index (χ0n) is 12.3. The van der Waals surface area contributed by atoms with Crippen molar-refractivity contribution in [2.24, 2.45) is 11.8 Å². The van der Waals surface area contributed by atoms with Crippen LogP contribution in [0.1, 0.15) is 46.0 Å². The molecule has 0 bridgehead atoms. The lowest BCUT2D eigenvalue weighted by molar-refractivity contribution is 0.254. The summed E-state index contributed by atoms with van der Waals surface area (Å²) in [4.78, 5) is 0. The average Bonchev–Trinajstić information content (AvgIpc) is 2.41. The molecule has 2 nitrogen and oxygen atoms in total. The fraction of sp³-hybridized carbons (Fsp3) is 0.588. The zero-order valence-corrected chi connectivity index (χ0v) is 12.3. The highest BCUT2D eigenvalue weighted by Crippen LogP contribution is 2.38. The maximum atomic E-state index is 13.8. The average molecular weight is 274 g/mol. The molecule has 1 aromatic carbocycles. The second-order valence-electron chi connectivity index (χ2n) is 6.39. The van der Waals surface area contributed by atoms with E-state index in [2.05, 4.69) is 25.2 Å². The van der Waals surface area contributed by atoms with Crippen molar-refractivity contribution in [3.05, 3.63) is 30.1 Å². The molecular weight excluding hydrogens is 251 g/mol. The molecule has 1 aliphatic rings. The first-order chi connectivity index (χ1) is 9.54. The molecule has 0 saturated heterocycles. The van der Waals surface area contributed by atoms with Gasteiger partial charge < -0.3 is 5.32 Å². The standard InChI is InChI=1S/C17H23FN2/c1-13(2)10-14-6-5-9-17(11-14,12-19)20-16-8-4-3-7-15(16)18/h3-4,7-8,13-14,20H,5-6,9-11H2,1-2H3. The Bertz CT molecular complexity index is 492. The van der Waals surface area contributed by atoms with Crippen molar-refractivity contribution in [1.29, 1.82) is 5.26 Å². The second kappa shape index (κ2) is 6.26. The number of hydrogen-bond acceptors (Lipinski definition) is 2. The van der Waals surface area contributed by atoms with Crippen LogP contribution in [0, 0.1) is 29.0 Å². The second-order valence-corrected chi connectivity index (χ2v) is 6.39. The van der Waals surface area contributed by atoms with Crippen LogP contribution >= 0.6 is 0 Å². The van der Waals surface area contributed by atoms with Crippen molar-refractivity contribution in [1.82, 2.24) is 0 Å². The molecule has 0 aliphatic heterocycles. The Morgan fingerprint density at radius 3 is 2.85 bits per heavy atom. The van der Waals surface area contributed by atoms with Crippen LogP contribution < -0.4 is 5.32 Å². The van der Waals surface area contributed by atoms with E-state index in [1.807, 2.05) is 0 Å². The lowest BCUT2D eigenvalue weighted by Gasteiger charge is -2.37. The molecule has 0 amide bonds. The first kappa shape index (κ1) is 14.8. The monoisotopic (exact) mass is 274 g/mol. The lowest BCUT2D eigenvalue weighted by Crippen LogP contribution is -2.42. The topological polar surface area (TPSA) is 35.8 Å². The number of benzene rings is 1. The number of nitriles is 1. The van der Waals surface area contributed by atoms with Gasteiger partial charge >= 0.3 is 0 Å². The van der Waals surface area contributed by atoms with E-state index < -0.39 is 5.54 Å². The zero-order chi connectivity index (χ0) is 14.6. The summed E-state index contributed by atoms with van der Waals surface area (Å²) >= 11 is 0. The summed E-state index contributed by atoms with van der Waals surface area (Å²) in [7, 11) is 0. The fourth-order valence-electron chi connectivity index (χ4n) is 3.32. The number of halogens is 1. The number of nitrogens with one attached hydrogen (secondary N) is 1. The van der Waals surface area contributed by atoms with Crippen molar-refractivity contribution in [2.75, 3.05) is 5.32 Å². The lowest BCUT2D eigenvalue weighted by atomic mass is 9.73. The number of para-hydroxylation sites is 1. The number of anilines is 1. The molecule has 1 N–H and O–H groups in total. The number of nitrogens with zero attached hydrogens (tertiary/aromatic N) is 1. The van der Waals surface area contributed by atoms with Crippen LogP contribution in [0.3, 0.4) is 0 Å². The molecule has 2 rings (SSSR count). The van der Waals surface area contributed by atoms with Crippen molar-refractivity contribution in [3.63, 3.8) is 0 Å². The summed E-state index contributed by atoms with van der Waals surface area (Å²) in [5.41, 5.74) is -0.167. The van der Waals surface area contributed by atoms with Crippen LogP contribution in [0.25, 0.3) is 0 Å². The summed E-state index contributed by atoms with van der Waals surface area (Å²) in [6.45, 7) is 4.43. The molecule has 1 aliphatic carbocycles. The van der Waals surface area contributed by atoms with Gasteiger partial charge in [-0.25, -0.2) is 4.39 Å². The van der Waals surface area contributed by atoms with Crippen molar-refractivity contribution in [3.8, 4) is 6.07 Å². The number of hydrogen-bond donors (Lipinski definition) is 1. The Balaban J connectivity index is 2.13. The molecule has 2 atom stereocenters. The first-order valence-electron chi connectivity index (χ1n) is 7.48. The highest BCUT2D eigenvalue weighted by Gasteiger charge is 2.37. The summed E-state index contributed by atoms with van der Waals surface area (Å²) in [6.07, 6.45) is 4.97. The molecule has 1 saturated carbocycles. The van der Waals surface area contributed by atoms with Gasteiger partial charge in [-0.3, -0.25) is 0 Å². The maximum Gasteiger partial charge on any atom is 0.146 e. The van der Waals surface area contributed by atoms with Crippen molar-refractivity contribution >= 4 is 5.69 Å². The van der Waals surface area contributed by atoms with Gasteiger partial charge in [0.1, 0.15) is 11.4 Å². The molecular formula is C17H23FN2. The predicted octanol–water partition coefficient (Wildman–Crippen LogP) is 4.74. The van der Waals surface area contributed by atoms with E-state index in [1.165, 1.54) is 12.5 Å². The summed E-state index contributed by atoms with van der Waals surface area (Å²) in [5.74, 6) is 0.915. The van der Waals surface area contributed by atoms with E-state index >= 15 is 0 Å². The van der Waals surface area contributed by atoms with Gasteiger partial charge in [0, 0.05) is 0 Å². The van der Waals surface area contributed by atoms with Crippen LogP contribution in [0.4, 0.5) is 10.1 Å². The van der Waals surface area contributed by atoms with Gasteiger partial charge in [-0.1, -0.05) is 32.4 Å². The van der Waals surface area contributed by atoms with Gasteiger partial charge in [-0.15, -0.1) is 0 Å². The van der Waals surface area contributed by atoms with Gasteiger partial charge in [-0.05, 0) is 49.7 Å². The van der Waals surface area contributed by atoms with E-state index in [0.717, 1.165) is 25.7 Å². The third-order valence-corrected chi connectivity index (χ3v) is 4.12. The third-order valence-electron chi connectivity index (χ3n) is 4.12. The molecule has 0 aromatic heterocycles. The summed E-state index contributed by atoms with van der Waals surface area (Å²) in [5, 5.41) is 12.8. The minimum Gasteiger partial charge on any atom is -0.365 e. The Hall–Kier alpha value is -1.56. The minimum absolute atomic E-state index is 0.284. The predicted molar refractivity (Wildman–Crippen MR) is 79.8 cm³/mol. The van der Waals surface area contributed by atoms with Crippen LogP contribution in [-0.2, 0) is 0 Å². The molecule has 3 heteroatoms. The fourth-order valence-corrected chi connectivity index (χ4v) is 3.32. The molecule has 0 spiro atoms. The minimum atomic E-state index is -0.611. The molecule has 0 radical (unpaired) electrons. The molecule has 20 heavy (non-hydrogen) atoms. The van der Waals surface area contributed by atoms with Gasteiger partial charge in [0.25, 0.3) is 0 Å². The van der Waals surface area contributed by atoms with Crippen LogP contribution in [0.5, 0.6) is 0 Å². The SMILES string of the molecule is CC(C)CC1CCCC(C#N)(Nc2ccccc2F)C1.